The number of piperazine rings is 1. The number of carbonyl (C=O) groups excluding carboxylic acids is 1. The number of rotatable bonds is 7. The van der Waals surface area contributed by atoms with Gasteiger partial charge in [-0.3, -0.25) is 9.59 Å². The summed E-state index contributed by atoms with van der Waals surface area (Å²) in [5.41, 5.74) is -0.199. The molecule has 4 heterocycles. The van der Waals surface area contributed by atoms with Gasteiger partial charge in [-0.1, -0.05) is 0 Å². The van der Waals surface area contributed by atoms with Gasteiger partial charge in [0.2, 0.25) is 11.9 Å². The molecule has 176 valence electrons. The monoisotopic (exact) mass is 464 g/mol. The molecule has 0 aliphatic carbocycles. The maximum atomic E-state index is 12.6. The number of fused-ring (bicyclic) bond motifs is 1. The Kier molecular flexibility index (Phi) is 6.63. The van der Waals surface area contributed by atoms with E-state index >= 15 is 0 Å². The molecule has 12 heteroatoms. The lowest BCUT2D eigenvalue weighted by Crippen LogP contribution is -2.49. The van der Waals surface area contributed by atoms with E-state index in [1.54, 1.807) is 22.1 Å². The highest BCUT2D eigenvalue weighted by atomic mass is 19.4. The molecular formula is C21H23F3N6O3. The van der Waals surface area contributed by atoms with Crippen LogP contribution in [0.25, 0.3) is 10.9 Å². The highest BCUT2D eigenvalue weighted by molar-refractivity contribution is 5.78. The number of aromatic nitrogens is 4. The minimum atomic E-state index is -4.47. The van der Waals surface area contributed by atoms with Crippen LogP contribution in [-0.2, 0) is 22.3 Å². The second-order valence-electron chi connectivity index (χ2n) is 7.61. The molecule has 0 atom stereocenters. The van der Waals surface area contributed by atoms with Gasteiger partial charge in [0.1, 0.15) is 0 Å². The third-order valence-corrected chi connectivity index (χ3v) is 5.52. The minimum absolute atomic E-state index is 0.0408. The third kappa shape index (κ3) is 5.33. The van der Waals surface area contributed by atoms with E-state index < -0.39 is 11.7 Å². The molecule has 1 amide bonds. The van der Waals surface area contributed by atoms with E-state index in [-0.39, 0.29) is 30.4 Å². The Morgan fingerprint density at radius 3 is 2.52 bits per heavy atom. The Morgan fingerprint density at radius 1 is 1.09 bits per heavy atom. The van der Waals surface area contributed by atoms with E-state index in [2.05, 4.69) is 15.0 Å². The number of amides is 1. The van der Waals surface area contributed by atoms with Crippen LogP contribution in [0.4, 0.5) is 19.1 Å². The summed E-state index contributed by atoms with van der Waals surface area (Å²) in [7, 11) is 0. The maximum Gasteiger partial charge on any atom is 0.419 e. The number of hydrogen-bond donors (Lipinski definition) is 1. The van der Waals surface area contributed by atoms with Crippen LogP contribution in [0.1, 0.15) is 12.0 Å². The van der Waals surface area contributed by atoms with Gasteiger partial charge < -0.3 is 24.1 Å². The summed E-state index contributed by atoms with van der Waals surface area (Å²) >= 11 is 0. The smallest absolute Gasteiger partial charge is 0.379 e. The fourth-order valence-electron chi connectivity index (χ4n) is 3.70. The summed E-state index contributed by atoms with van der Waals surface area (Å²) in [6.07, 6.45) is 0.736. The lowest BCUT2D eigenvalue weighted by molar-refractivity contribution is -0.138. The van der Waals surface area contributed by atoms with Crippen LogP contribution in [-0.4, -0.2) is 69.7 Å². The zero-order valence-electron chi connectivity index (χ0n) is 17.7. The van der Waals surface area contributed by atoms with Gasteiger partial charge in [-0.15, -0.1) is 0 Å². The number of aromatic amines is 1. The van der Waals surface area contributed by atoms with Crippen LogP contribution in [0, 0.1) is 0 Å². The first-order valence-corrected chi connectivity index (χ1v) is 10.5. The molecule has 0 saturated carbocycles. The summed E-state index contributed by atoms with van der Waals surface area (Å²) in [5.74, 6) is 0.180. The lowest BCUT2D eigenvalue weighted by Gasteiger charge is -2.34. The predicted molar refractivity (Wildman–Crippen MR) is 114 cm³/mol. The van der Waals surface area contributed by atoms with Crippen LogP contribution in [0.2, 0.25) is 0 Å². The highest BCUT2D eigenvalue weighted by Gasteiger charge is 2.32. The molecule has 33 heavy (non-hydrogen) atoms. The zero-order valence-corrected chi connectivity index (χ0v) is 17.7. The second-order valence-corrected chi connectivity index (χ2v) is 7.61. The Balaban J connectivity index is 1.17. The van der Waals surface area contributed by atoms with Crippen molar-refractivity contribution in [2.24, 2.45) is 0 Å². The summed E-state index contributed by atoms with van der Waals surface area (Å²) in [6.45, 7) is 3.01. The molecule has 9 nitrogen and oxygen atoms in total. The van der Waals surface area contributed by atoms with Crippen LogP contribution in [0.15, 0.2) is 41.7 Å². The Bertz CT molecular complexity index is 1150. The fourth-order valence-corrected chi connectivity index (χ4v) is 3.70. The van der Waals surface area contributed by atoms with Gasteiger partial charge in [0.25, 0.3) is 5.56 Å². The molecule has 3 aromatic heterocycles. The average molecular weight is 464 g/mol. The van der Waals surface area contributed by atoms with E-state index in [0.29, 0.717) is 44.7 Å². The lowest BCUT2D eigenvalue weighted by atomic mass is 10.3. The highest BCUT2D eigenvalue weighted by Crippen LogP contribution is 2.28. The summed E-state index contributed by atoms with van der Waals surface area (Å²) in [5, 5.41) is 0.619. The topological polar surface area (TPSA) is 96.3 Å². The summed E-state index contributed by atoms with van der Waals surface area (Å²) in [4.78, 5) is 37.9. The van der Waals surface area contributed by atoms with Crippen molar-refractivity contribution >= 4 is 22.8 Å². The van der Waals surface area contributed by atoms with Crippen molar-refractivity contribution in [2.75, 3.05) is 44.3 Å². The normalized spacial score (nSPS) is 14.8. The Morgan fingerprint density at radius 2 is 1.82 bits per heavy atom. The molecular weight excluding hydrogens is 441 g/mol. The van der Waals surface area contributed by atoms with Gasteiger partial charge in [0, 0.05) is 57.5 Å². The van der Waals surface area contributed by atoms with Crippen LogP contribution >= 0.6 is 0 Å². The molecule has 1 aliphatic heterocycles. The SMILES string of the molecule is O=C(CCOCCn1ccc2c(=O)[nH]ccc21)N1CCN(c2ncc(C(F)(F)F)cn2)CC1. The Labute approximate surface area is 186 Å². The molecule has 0 aromatic carbocycles. The number of ether oxygens (including phenoxy) is 1. The van der Waals surface area contributed by atoms with Crippen LogP contribution < -0.4 is 10.5 Å². The van der Waals surface area contributed by atoms with Crippen molar-refractivity contribution in [1.82, 2.24) is 24.4 Å². The zero-order chi connectivity index (χ0) is 23.4. The Hall–Kier alpha value is -3.41. The van der Waals surface area contributed by atoms with E-state index in [1.807, 2.05) is 16.8 Å². The van der Waals surface area contributed by atoms with Crippen molar-refractivity contribution in [3.05, 3.63) is 52.8 Å². The molecule has 0 unspecified atom stereocenters. The molecule has 1 fully saturated rings. The summed E-state index contributed by atoms with van der Waals surface area (Å²) in [6, 6.07) is 3.59. The molecule has 3 aromatic rings. The second kappa shape index (κ2) is 9.61. The molecule has 4 rings (SSSR count). The van der Waals surface area contributed by atoms with E-state index in [4.69, 9.17) is 4.74 Å². The van der Waals surface area contributed by atoms with Crippen molar-refractivity contribution in [3.63, 3.8) is 0 Å². The van der Waals surface area contributed by atoms with Gasteiger partial charge in [0.05, 0.1) is 36.1 Å². The van der Waals surface area contributed by atoms with E-state index in [0.717, 1.165) is 17.9 Å². The molecule has 1 N–H and O–H groups in total. The van der Waals surface area contributed by atoms with Crippen molar-refractivity contribution < 1.29 is 22.7 Å². The third-order valence-electron chi connectivity index (χ3n) is 5.52. The molecule has 0 spiro atoms. The molecule has 0 radical (unpaired) electrons. The number of hydrogen-bond acceptors (Lipinski definition) is 6. The number of nitrogens with zero attached hydrogens (tertiary/aromatic N) is 5. The van der Waals surface area contributed by atoms with Gasteiger partial charge in [0.15, 0.2) is 0 Å². The number of pyridine rings is 1. The first-order valence-electron chi connectivity index (χ1n) is 10.5. The number of nitrogens with one attached hydrogen (secondary N) is 1. The van der Waals surface area contributed by atoms with Gasteiger partial charge in [-0.25, -0.2) is 9.97 Å². The van der Waals surface area contributed by atoms with Crippen molar-refractivity contribution in [1.29, 1.82) is 0 Å². The van der Waals surface area contributed by atoms with E-state index in [1.165, 1.54) is 0 Å². The number of alkyl halides is 3. The van der Waals surface area contributed by atoms with Gasteiger partial charge in [-0.05, 0) is 12.1 Å². The molecule has 1 aliphatic rings. The van der Waals surface area contributed by atoms with Crippen molar-refractivity contribution in [2.45, 2.75) is 19.1 Å². The minimum Gasteiger partial charge on any atom is -0.379 e. The maximum absolute atomic E-state index is 12.6. The van der Waals surface area contributed by atoms with Crippen LogP contribution in [0.3, 0.4) is 0 Å². The number of anilines is 1. The predicted octanol–water partition coefficient (Wildman–Crippen LogP) is 1.89. The molecule has 1 saturated heterocycles. The largest absolute Gasteiger partial charge is 0.419 e. The number of H-pyrrole nitrogens is 1. The van der Waals surface area contributed by atoms with Gasteiger partial charge >= 0.3 is 6.18 Å². The number of halogens is 3. The van der Waals surface area contributed by atoms with Crippen molar-refractivity contribution in [3.8, 4) is 0 Å². The summed E-state index contributed by atoms with van der Waals surface area (Å²) < 4.78 is 45.4. The number of carbonyl (C=O) groups is 1. The first-order chi connectivity index (χ1) is 15.8. The standard InChI is InChI=1S/C21H23F3N6O3/c22-21(23,24)15-13-26-20(27-14-15)30-8-6-29(7-9-30)18(31)3-11-33-12-10-28-5-2-16-17(28)1-4-25-19(16)32/h1-2,4-5,13-14H,3,6-12H2,(H,25,32). The van der Waals surface area contributed by atoms with E-state index in [9.17, 15) is 22.8 Å². The average Bonchev–Trinajstić information content (AvgIpc) is 3.23. The molecule has 0 bridgehead atoms. The van der Waals surface area contributed by atoms with Crippen LogP contribution in [0.5, 0.6) is 0 Å². The quantitative estimate of drug-likeness (QED) is 0.537. The first kappa shape index (κ1) is 22.8. The van der Waals surface area contributed by atoms with Gasteiger partial charge in [-0.2, -0.15) is 13.2 Å². The fraction of sp³-hybridized carbons (Fsp3) is 0.429.